The van der Waals surface area contributed by atoms with E-state index in [4.69, 9.17) is 77.8 Å². The molecule has 0 amide bonds. The molecule has 16 atom stereocenters. The Bertz CT molecular complexity index is 1890. The number of aliphatic hydroxyl groups is 4. The number of carbonyl (C=O) groups is 3. The summed E-state index contributed by atoms with van der Waals surface area (Å²) in [5.41, 5.74) is 1.21. The zero-order valence-electron chi connectivity index (χ0n) is 52.6. The van der Waals surface area contributed by atoms with Gasteiger partial charge in [0.2, 0.25) is 0 Å². The molecule has 11 saturated heterocycles. The van der Waals surface area contributed by atoms with Gasteiger partial charge >= 0.3 is 110 Å². The van der Waals surface area contributed by atoms with Gasteiger partial charge in [-0.15, -0.1) is 12.8 Å². The Hall–Kier alpha value is -2.10. The number of halogens is 1. The second kappa shape index (κ2) is 47.7. The molecule has 0 aromatic heterocycles. The smallest absolute Gasteiger partial charge is 0.163 e. The molecule has 0 aromatic carbocycles. The van der Waals surface area contributed by atoms with Crippen molar-refractivity contribution in [1.29, 1.82) is 0 Å². The Kier molecular flexibility index (Phi) is 43.4. The molecule has 7 unspecified atom stereocenters. The Labute approximate surface area is 538 Å². The molecule has 0 radical (unpaired) electrons. The van der Waals surface area contributed by atoms with Crippen LogP contribution in [0.2, 0.25) is 13.3 Å². The Morgan fingerprint density at radius 2 is 1.03 bits per heavy atom. The van der Waals surface area contributed by atoms with Crippen LogP contribution in [0.4, 0.5) is 0 Å². The fourth-order valence-corrected chi connectivity index (χ4v) is 22.4. The Morgan fingerprint density at radius 1 is 0.598 bits per heavy atom. The summed E-state index contributed by atoms with van der Waals surface area (Å²) in [6.07, 6.45) is 27.8. The normalized spacial score (nSPS) is 32.5. The van der Waals surface area contributed by atoms with Gasteiger partial charge in [0.25, 0.3) is 0 Å². The largest absolute Gasteiger partial charge is 0.390 e. The Balaban J connectivity index is 0.000000256. The van der Waals surface area contributed by atoms with E-state index in [9.17, 15) is 29.7 Å². The van der Waals surface area contributed by atoms with Crippen LogP contribution in [-0.2, 0) is 85.4 Å². The van der Waals surface area contributed by atoms with Gasteiger partial charge in [-0.1, -0.05) is 41.0 Å². The maximum Gasteiger partial charge on any atom is 0.163 e. The van der Waals surface area contributed by atoms with Crippen molar-refractivity contribution in [1.82, 2.24) is 0 Å². The van der Waals surface area contributed by atoms with E-state index in [0.29, 0.717) is 56.1 Å². The first kappa shape index (κ1) is 79.1. The van der Waals surface area contributed by atoms with Crippen LogP contribution in [0.1, 0.15) is 125 Å². The molecular formula is C63H105IO22Sn. The minimum atomic E-state index is -0.967. The predicted octanol–water partition coefficient (Wildman–Crippen LogP) is 6.89. The third-order valence-electron chi connectivity index (χ3n) is 15.5. The van der Waals surface area contributed by atoms with Crippen molar-refractivity contribution >= 4 is 60.3 Å². The molecule has 22 nitrogen and oxygen atoms in total. The number of aliphatic hydroxyl groups excluding tert-OH is 4. The fraction of sp³-hybridized carbons (Fsp3) is 0.825. The third-order valence-corrected chi connectivity index (χ3v) is 27.2. The molecule has 0 bridgehead atoms. The van der Waals surface area contributed by atoms with Crippen LogP contribution in [0.5, 0.6) is 0 Å². The monoisotopic (exact) mass is 1460 g/mol. The molecule has 11 fully saturated rings. The first-order chi connectivity index (χ1) is 42.0. The molecule has 12 aliphatic rings. The molecule has 0 saturated carbocycles. The van der Waals surface area contributed by atoms with E-state index < -0.39 is 31.7 Å². The zero-order chi connectivity index (χ0) is 63.8. The number of fused-ring (bicyclic) bond motifs is 5. The van der Waals surface area contributed by atoms with Crippen molar-refractivity contribution in [2.45, 2.75) is 204 Å². The van der Waals surface area contributed by atoms with Gasteiger partial charge in [-0.3, -0.25) is 14.4 Å². The van der Waals surface area contributed by atoms with Gasteiger partial charge in [0, 0.05) is 50.9 Å². The van der Waals surface area contributed by atoms with Crippen LogP contribution >= 0.6 is 22.6 Å². The van der Waals surface area contributed by atoms with E-state index in [1.165, 1.54) is 64.9 Å². The van der Waals surface area contributed by atoms with E-state index in [1.807, 2.05) is 12.0 Å². The topological polar surface area (TPSA) is 271 Å². The molecule has 12 heterocycles. The summed E-state index contributed by atoms with van der Waals surface area (Å²) in [5, 5.41) is 35.2. The van der Waals surface area contributed by atoms with Gasteiger partial charge < -0.3 is 91.5 Å². The van der Waals surface area contributed by atoms with Crippen molar-refractivity contribution in [3.63, 3.8) is 0 Å². The van der Waals surface area contributed by atoms with Crippen molar-refractivity contribution in [3.05, 3.63) is 24.5 Å². The van der Waals surface area contributed by atoms with Crippen LogP contribution in [0.25, 0.3) is 0 Å². The van der Waals surface area contributed by atoms with E-state index in [-0.39, 0.29) is 98.4 Å². The summed E-state index contributed by atoms with van der Waals surface area (Å²) in [6.45, 7) is 22.9. The minimum Gasteiger partial charge on any atom is -0.390 e. The number of ether oxygens (including phenoxy) is 15. The summed E-state index contributed by atoms with van der Waals surface area (Å²) in [6, 6.07) is 0. The third kappa shape index (κ3) is 31.9. The van der Waals surface area contributed by atoms with Gasteiger partial charge in [-0.05, 0) is 50.2 Å². The number of alkyl halides is 1. The van der Waals surface area contributed by atoms with E-state index in [1.54, 1.807) is 19.6 Å². The standard InChI is InChI=1S/C8H12O4.C7H9IO2.C7H10O2.3C6H10O3.C4H6O3.C4H6O.3C4H9.C3H4O.Sn.H/c1-5(9)12-7-4-11-8-6(7)2-3-10-8;1-2-4-9-7-6(8)3-5-10-7;1-5-4-9-7-6(5)2-3-8-7;3*7-5-3-9-6-4(5)1-2-8-6;1-3(5)7-4(2)6;1-2-4-5-3-1;3*1-3-4-2;1-2-3-4;;/h6-8H,2-4H2,1H3;1,6-7H,3-5H2;6-7H,1-4H2;3*4-7H,1-3H2;1-2H3;1,3H,2,4H2;3*1,3-4H2,2H3;1,4H,3H2;;/t6-,7-,8+;;;2*4-,5-,6+;;;;;;;;;/m1..00........./s1. The van der Waals surface area contributed by atoms with Crippen LogP contribution in [0.3, 0.4) is 0 Å². The SMILES string of the molecule is C#CCO.C#CCOC1OCCC1I.C1=COCC1.C=C1COC2OCCC12.CC(=O)OC(C)=O.CC(=O)O[C@@H]1CO[C@@H]2OCC[C@@H]21.CCC[CH2][SnH]([CH2]CCC)[CH2]CCC.OC1COC2OCCC12.O[C@H]1CO[C@H]2OCC[C@H]21.O[C@H]1CO[C@H]2OCC[C@H]21. The first-order valence-electron chi connectivity index (χ1n) is 31.4. The van der Waals surface area contributed by atoms with Crippen molar-refractivity contribution in [2.75, 3.05) is 92.5 Å². The number of hydrogen-bond acceptors (Lipinski definition) is 22. The van der Waals surface area contributed by atoms with Gasteiger partial charge in [-0.25, -0.2) is 0 Å². The molecule has 87 heavy (non-hydrogen) atoms. The predicted molar refractivity (Wildman–Crippen MR) is 333 cm³/mol. The fourth-order valence-electron chi connectivity index (χ4n) is 10.8. The molecule has 24 heteroatoms. The molecule has 12 aliphatic heterocycles. The summed E-state index contributed by atoms with van der Waals surface area (Å²) in [7, 11) is 0. The number of terminal acetylenes is 2. The number of unbranched alkanes of at least 4 members (excludes halogenated alkanes) is 3. The second-order valence-corrected chi connectivity index (χ2v) is 33.9. The average Bonchev–Trinajstić information content (AvgIpc) is 4.49. The number of esters is 3. The summed E-state index contributed by atoms with van der Waals surface area (Å²) in [5.74, 6) is 4.56. The van der Waals surface area contributed by atoms with Crippen LogP contribution in [0.15, 0.2) is 24.5 Å². The van der Waals surface area contributed by atoms with Crippen LogP contribution in [0, 0.1) is 54.3 Å². The van der Waals surface area contributed by atoms with Crippen molar-refractivity contribution in [3.8, 4) is 24.7 Å². The molecule has 0 aliphatic carbocycles. The number of rotatable bonds is 12. The number of hydrogen-bond donors (Lipinski definition) is 4. The molecule has 500 valence electrons. The molecule has 4 N–H and O–H groups in total. The van der Waals surface area contributed by atoms with Crippen molar-refractivity contribution < 1.29 is 106 Å². The van der Waals surface area contributed by atoms with Gasteiger partial charge in [0.1, 0.15) is 19.3 Å². The molecule has 12 rings (SSSR count). The first-order valence-corrected chi connectivity index (χ1v) is 39.6. The maximum atomic E-state index is 10.7. The Morgan fingerprint density at radius 3 is 1.38 bits per heavy atom. The second-order valence-electron chi connectivity index (χ2n) is 22.4. The summed E-state index contributed by atoms with van der Waals surface area (Å²) < 4.78 is 81.7. The van der Waals surface area contributed by atoms with E-state index >= 15 is 0 Å². The number of carbonyl (C=O) groups excluding carboxylic acids is 3. The molecule has 0 aromatic rings. The van der Waals surface area contributed by atoms with Crippen LogP contribution in [-0.4, -0.2) is 217 Å². The van der Waals surface area contributed by atoms with Gasteiger partial charge in [0.15, 0.2) is 37.7 Å². The van der Waals surface area contributed by atoms with Gasteiger partial charge in [0.05, 0.1) is 114 Å². The molecule has 0 spiro atoms. The van der Waals surface area contributed by atoms with E-state index in [0.717, 1.165) is 84.6 Å². The summed E-state index contributed by atoms with van der Waals surface area (Å²) >= 11 is 1.35. The van der Waals surface area contributed by atoms with Crippen LogP contribution < -0.4 is 0 Å². The van der Waals surface area contributed by atoms with Crippen molar-refractivity contribution in [2.24, 2.45) is 29.6 Å². The molecular weight excluding hydrogens is 1350 g/mol. The minimum absolute atomic E-state index is 0.0532. The summed E-state index contributed by atoms with van der Waals surface area (Å²) in [4.78, 5) is 30.3. The van der Waals surface area contributed by atoms with E-state index in [2.05, 4.69) is 67.0 Å². The maximum absolute atomic E-state index is 10.7. The zero-order valence-corrected chi connectivity index (χ0v) is 58.0. The average molecular weight is 1460 g/mol. The van der Waals surface area contributed by atoms with Gasteiger partial charge in [-0.2, -0.15) is 0 Å². The quantitative estimate of drug-likeness (QED) is 0.0294.